The minimum Gasteiger partial charge on any atom is -0.423 e. The molecule has 0 bridgehead atoms. The lowest BCUT2D eigenvalue weighted by Gasteiger charge is -2.15. The largest absolute Gasteiger partial charge is 0.423 e. The van der Waals surface area contributed by atoms with Crippen LogP contribution < -0.4 is 21.1 Å². The molecule has 0 radical (unpaired) electrons. The van der Waals surface area contributed by atoms with Crippen molar-refractivity contribution in [3.05, 3.63) is 59.7 Å². The third-order valence-electron chi connectivity index (χ3n) is 4.08. The zero-order chi connectivity index (χ0) is 23.9. The predicted molar refractivity (Wildman–Crippen MR) is 116 cm³/mol. The van der Waals surface area contributed by atoms with E-state index in [-0.39, 0.29) is 23.7 Å². The molecule has 32 heavy (non-hydrogen) atoms. The van der Waals surface area contributed by atoms with Gasteiger partial charge in [-0.25, -0.2) is 4.79 Å². The molecule has 0 aromatic heterocycles. The molecule has 2 aromatic carbocycles. The summed E-state index contributed by atoms with van der Waals surface area (Å²) in [6.07, 6.45) is 0.401. The predicted octanol–water partition coefficient (Wildman–Crippen LogP) is 0.934. The van der Waals surface area contributed by atoms with Crippen molar-refractivity contribution in [2.24, 2.45) is 5.73 Å². The Morgan fingerprint density at radius 1 is 1.06 bits per heavy atom. The van der Waals surface area contributed by atoms with Crippen molar-refractivity contribution in [1.82, 2.24) is 5.32 Å². The quantitative estimate of drug-likeness (QED) is 0.146. The Bertz CT molecular complexity index is 1110. The number of esters is 1. The zero-order valence-corrected chi connectivity index (χ0v) is 18.1. The molecule has 2 aromatic rings. The van der Waals surface area contributed by atoms with Gasteiger partial charge in [0, 0.05) is 19.2 Å². The van der Waals surface area contributed by atoms with Crippen molar-refractivity contribution in [1.29, 1.82) is 5.41 Å². The van der Waals surface area contributed by atoms with Gasteiger partial charge in [-0.2, -0.15) is 8.42 Å². The van der Waals surface area contributed by atoms with Gasteiger partial charge >= 0.3 is 22.1 Å². The lowest BCUT2D eigenvalue weighted by molar-refractivity contribution is -0.137. The van der Waals surface area contributed by atoms with E-state index in [1.54, 1.807) is 12.1 Å². The standard InChI is InChI=1S/C20H22N4O7S/c1-23-17(25)11-16(19(27)31-32(2,28)29)12-5-9-15(10-6-12)30-18(26)13-3-7-14(8-4-13)24-20(21)22/h3-10,16H,11H2,1-2H3,(H,23,25)(H4,21,22,24). The first-order valence-corrected chi connectivity index (χ1v) is 11.0. The normalized spacial score (nSPS) is 11.7. The number of hydrogen-bond donors (Lipinski definition) is 4. The van der Waals surface area contributed by atoms with Gasteiger partial charge in [0.2, 0.25) is 5.91 Å². The lowest BCUT2D eigenvalue weighted by atomic mass is 9.95. The summed E-state index contributed by atoms with van der Waals surface area (Å²) in [7, 11) is -2.68. The number of hydrogen-bond acceptors (Lipinski definition) is 8. The average Bonchev–Trinajstić information content (AvgIpc) is 2.71. The zero-order valence-electron chi connectivity index (χ0n) is 17.2. The highest BCUT2D eigenvalue weighted by Gasteiger charge is 2.28. The smallest absolute Gasteiger partial charge is 0.343 e. The SMILES string of the molecule is CNC(=O)CC(C(=O)OS(C)(=O)=O)c1ccc(OC(=O)c2ccc(NC(=N)N)cc2)cc1. The Balaban J connectivity index is 2.14. The average molecular weight is 462 g/mol. The highest BCUT2D eigenvalue weighted by atomic mass is 32.2. The molecule has 11 nitrogen and oxygen atoms in total. The maximum absolute atomic E-state index is 12.3. The maximum atomic E-state index is 12.3. The van der Waals surface area contributed by atoms with Crippen LogP contribution in [-0.4, -0.2) is 45.5 Å². The summed E-state index contributed by atoms with van der Waals surface area (Å²) < 4.78 is 32.3. The van der Waals surface area contributed by atoms with Crippen LogP contribution in [-0.2, 0) is 23.9 Å². The first-order valence-electron chi connectivity index (χ1n) is 9.15. The van der Waals surface area contributed by atoms with Crippen molar-refractivity contribution in [3.8, 4) is 5.75 Å². The second kappa shape index (κ2) is 10.4. The van der Waals surface area contributed by atoms with Gasteiger partial charge in [0.15, 0.2) is 5.96 Å². The molecule has 0 heterocycles. The second-order valence-electron chi connectivity index (χ2n) is 6.61. The van der Waals surface area contributed by atoms with E-state index in [0.29, 0.717) is 11.3 Å². The number of nitrogens with one attached hydrogen (secondary N) is 3. The molecule has 1 atom stereocenters. The number of ether oxygens (including phenoxy) is 1. The van der Waals surface area contributed by atoms with E-state index in [0.717, 1.165) is 6.26 Å². The number of benzene rings is 2. The van der Waals surface area contributed by atoms with Crippen LogP contribution in [0.2, 0.25) is 0 Å². The van der Waals surface area contributed by atoms with Crippen LogP contribution >= 0.6 is 0 Å². The third kappa shape index (κ3) is 7.40. The molecule has 5 N–H and O–H groups in total. The Labute approximate surface area is 184 Å². The fraction of sp³-hybridized carbons (Fsp3) is 0.200. The van der Waals surface area contributed by atoms with E-state index in [9.17, 15) is 22.8 Å². The topological polar surface area (TPSA) is 178 Å². The minimum atomic E-state index is -4.06. The number of carbonyl (C=O) groups is 3. The van der Waals surface area contributed by atoms with E-state index in [1.807, 2.05) is 0 Å². The molecule has 0 saturated heterocycles. The van der Waals surface area contributed by atoms with Gasteiger partial charge in [-0.1, -0.05) is 12.1 Å². The summed E-state index contributed by atoms with van der Waals surface area (Å²) in [4.78, 5) is 36.3. The van der Waals surface area contributed by atoms with Crippen LogP contribution in [0.15, 0.2) is 48.5 Å². The molecule has 0 aliphatic heterocycles. The fourth-order valence-electron chi connectivity index (χ4n) is 2.61. The van der Waals surface area contributed by atoms with Gasteiger partial charge in [0.25, 0.3) is 0 Å². The molecular weight excluding hydrogens is 440 g/mol. The highest BCUT2D eigenvalue weighted by molar-refractivity contribution is 7.86. The van der Waals surface area contributed by atoms with E-state index in [1.165, 1.54) is 43.4 Å². The first-order chi connectivity index (χ1) is 15.0. The monoisotopic (exact) mass is 462 g/mol. The van der Waals surface area contributed by atoms with Crippen LogP contribution in [0.5, 0.6) is 5.75 Å². The number of nitrogens with two attached hydrogens (primary N) is 1. The summed E-state index contributed by atoms with van der Waals surface area (Å²) in [5, 5.41) is 12.1. The van der Waals surface area contributed by atoms with Crippen LogP contribution in [0.3, 0.4) is 0 Å². The molecule has 12 heteroatoms. The lowest BCUT2D eigenvalue weighted by Crippen LogP contribution is -2.26. The summed E-state index contributed by atoms with van der Waals surface area (Å²) in [6, 6.07) is 11.8. The number of amides is 1. The molecular formula is C20H22N4O7S. The molecule has 0 spiro atoms. The molecule has 2 rings (SSSR count). The molecule has 0 saturated carbocycles. The molecule has 1 amide bonds. The summed E-state index contributed by atoms with van der Waals surface area (Å²) >= 11 is 0. The van der Waals surface area contributed by atoms with E-state index < -0.39 is 33.9 Å². The molecule has 0 fully saturated rings. The summed E-state index contributed by atoms with van der Waals surface area (Å²) in [5.74, 6) is -3.48. The highest BCUT2D eigenvalue weighted by Crippen LogP contribution is 2.25. The van der Waals surface area contributed by atoms with E-state index in [4.69, 9.17) is 15.9 Å². The summed E-state index contributed by atoms with van der Waals surface area (Å²) in [5.41, 5.74) is 6.32. The van der Waals surface area contributed by atoms with E-state index in [2.05, 4.69) is 14.8 Å². The number of guanidine groups is 1. The van der Waals surface area contributed by atoms with Crippen LogP contribution in [0.4, 0.5) is 5.69 Å². The Morgan fingerprint density at radius 2 is 1.66 bits per heavy atom. The van der Waals surface area contributed by atoms with Crippen LogP contribution in [0.1, 0.15) is 28.3 Å². The number of rotatable bonds is 8. The van der Waals surface area contributed by atoms with Gasteiger partial charge in [0.1, 0.15) is 5.75 Å². The molecule has 0 aliphatic rings. The number of carbonyl (C=O) groups excluding carboxylic acids is 3. The van der Waals surface area contributed by atoms with Gasteiger partial charge in [-0.3, -0.25) is 15.0 Å². The number of anilines is 1. The van der Waals surface area contributed by atoms with Crippen molar-refractivity contribution in [3.63, 3.8) is 0 Å². The van der Waals surface area contributed by atoms with Gasteiger partial charge in [0.05, 0.1) is 17.7 Å². The van der Waals surface area contributed by atoms with Gasteiger partial charge < -0.3 is 25.3 Å². The molecule has 170 valence electrons. The fourth-order valence-corrected chi connectivity index (χ4v) is 3.03. The van der Waals surface area contributed by atoms with Crippen LogP contribution in [0.25, 0.3) is 0 Å². The summed E-state index contributed by atoms with van der Waals surface area (Å²) in [6.45, 7) is 0. The van der Waals surface area contributed by atoms with Crippen molar-refractivity contribution < 1.29 is 31.7 Å². The van der Waals surface area contributed by atoms with Crippen LogP contribution in [0, 0.1) is 5.41 Å². The minimum absolute atomic E-state index is 0.167. The Morgan fingerprint density at radius 3 is 2.16 bits per heavy atom. The van der Waals surface area contributed by atoms with Crippen molar-refractivity contribution in [2.75, 3.05) is 18.6 Å². The van der Waals surface area contributed by atoms with Gasteiger partial charge in [-0.05, 0) is 42.0 Å². The third-order valence-corrected chi connectivity index (χ3v) is 4.55. The second-order valence-corrected chi connectivity index (χ2v) is 8.19. The van der Waals surface area contributed by atoms with Gasteiger partial charge in [-0.15, -0.1) is 0 Å². The first kappa shape index (κ1) is 24.3. The van der Waals surface area contributed by atoms with Crippen molar-refractivity contribution >= 4 is 39.6 Å². The maximum Gasteiger partial charge on any atom is 0.343 e. The van der Waals surface area contributed by atoms with Crippen molar-refractivity contribution in [2.45, 2.75) is 12.3 Å². The Kier molecular flexibility index (Phi) is 7.91. The Hall–Kier alpha value is -3.93. The molecule has 0 aliphatic carbocycles. The molecule has 1 unspecified atom stereocenters. The van der Waals surface area contributed by atoms with E-state index >= 15 is 0 Å².